The molecular formula is C21H26N6OS. The van der Waals surface area contributed by atoms with E-state index < -0.39 is 0 Å². The van der Waals surface area contributed by atoms with Crippen LogP contribution in [0.15, 0.2) is 40.2 Å². The van der Waals surface area contributed by atoms with Gasteiger partial charge in [0.15, 0.2) is 0 Å². The molecule has 2 aliphatic rings. The standard InChI is InChI=1S/C21H26N6OS/c1-25(11-18-13-29-14-24-18)9-16-2-3-19-17-6-15(8-27(19)21(16)28)7-26(10-17)12-20-22-4-5-23-20/h2-5,13-15,17H,6-12H2,1H3,(H,22,23)/t15-,17+/m0/s1. The Hall–Kier alpha value is -2.29. The molecule has 8 heteroatoms. The molecule has 3 aromatic rings. The number of likely N-dealkylation sites (tertiary alicyclic amines) is 1. The minimum Gasteiger partial charge on any atom is -0.348 e. The highest BCUT2D eigenvalue weighted by Gasteiger charge is 2.35. The number of imidazole rings is 1. The largest absolute Gasteiger partial charge is 0.348 e. The molecule has 29 heavy (non-hydrogen) atoms. The summed E-state index contributed by atoms with van der Waals surface area (Å²) < 4.78 is 2.05. The van der Waals surface area contributed by atoms with Crippen LogP contribution in [0.1, 0.15) is 35.1 Å². The van der Waals surface area contributed by atoms with E-state index in [1.807, 2.05) is 31.0 Å². The number of rotatable bonds is 6. The summed E-state index contributed by atoms with van der Waals surface area (Å²) in [7, 11) is 2.05. The lowest BCUT2D eigenvalue weighted by Gasteiger charge is -2.42. The van der Waals surface area contributed by atoms with Gasteiger partial charge in [0.05, 0.1) is 17.7 Å². The lowest BCUT2D eigenvalue weighted by molar-refractivity contribution is 0.112. The first-order valence-electron chi connectivity index (χ1n) is 10.1. The Bertz CT molecular complexity index is 1010. The fraction of sp³-hybridized carbons (Fsp3) is 0.476. The zero-order valence-electron chi connectivity index (χ0n) is 16.6. The number of aromatic amines is 1. The molecule has 152 valence electrons. The smallest absolute Gasteiger partial charge is 0.255 e. The van der Waals surface area contributed by atoms with E-state index in [0.717, 1.165) is 49.8 Å². The molecule has 0 saturated carbocycles. The highest BCUT2D eigenvalue weighted by atomic mass is 32.1. The minimum atomic E-state index is 0.182. The summed E-state index contributed by atoms with van der Waals surface area (Å²) in [5.74, 6) is 1.96. The number of thiazole rings is 1. The van der Waals surface area contributed by atoms with Crippen LogP contribution >= 0.6 is 11.3 Å². The van der Waals surface area contributed by atoms with Gasteiger partial charge in [-0.15, -0.1) is 11.3 Å². The van der Waals surface area contributed by atoms with Gasteiger partial charge < -0.3 is 9.55 Å². The van der Waals surface area contributed by atoms with Crippen LogP contribution in [-0.2, 0) is 26.2 Å². The summed E-state index contributed by atoms with van der Waals surface area (Å²) in [6.07, 6.45) is 4.86. The molecule has 1 saturated heterocycles. The minimum absolute atomic E-state index is 0.182. The Morgan fingerprint density at radius 3 is 2.97 bits per heavy atom. The van der Waals surface area contributed by atoms with Gasteiger partial charge in [-0.25, -0.2) is 9.97 Å². The van der Waals surface area contributed by atoms with E-state index in [4.69, 9.17) is 0 Å². The number of hydrogen-bond acceptors (Lipinski definition) is 6. The number of H-pyrrole nitrogens is 1. The van der Waals surface area contributed by atoms with Gasteiger partial charge in [-0.1, -0.05) is 6.07 Å². The van der Waals surface area contributed by atoms with Gasteiger partial charge in [-0.05, 0) is 25.5 Å². The Morgan fingerprint density at radius 1 is 1.24 bits per heavy atom. The maximum absolute atomic E-state index is 13.2. The highest BCUT2D eigenvalue weighted by molar-refractivity contribution is 7.07. The molecule has 3 aromatic heterocycles. The molecule has 0 amide bonds. The number of nitrogens with one attached hydrogen (secondary N) is 1. The highest BCUT2D eigenvalue weighted by Crippen LogP contribution is 2.35. The second kappa shape index (κ2) is 7.85. The number of fused-ring (bicyclic) bond motifs is 4. The number of nitrogens with zero attached hydrogens (tertiary/aromatic N) is 5. The molecule has 1 N–H and O–H groups in total. The summed E-state index contributed by atoms with van der Waals surface area (Å²) in [6.45, 7) is 5.09. The van der Waals surface area contributed by atoms with E-state index in [1.54, 1.807) is 11.3 Å². The second-order valence-electron chi connectivity index (χ2n) is 8.38. The van der Waals surface area contributed by atoms with Crippen LogP contribution in [0.4, 0.5) is 0 Å². The molecule has 0 aromatic carbocycles. The van der Waals surface area contributed by atoms with Crippen LogP contribution in [0.5, 0.6) is 0 Å². The van der Waals surface area contributed by atoms with Crippen molar-refractivity contribution in [2.75, 3.05) is 20.1 Å². The van der Waals surface area contributed by atoms with Crippen molar-refractivity contribution in [3.05, 3.63) is 68.5 Å². The van der Waals surface area contributed by atoms with Crippen LogP contribution in [0.25, 0.3) is 0 Å². The molecule has 7 nitrogen and oxygen atoms in total. The first-order chi connectivity index (χ1) is 14.2. The Kier molecular flexibility index (Phi) is 5.07. The van der Waals surface area contributed by atoms with E-state index in [9.17, 15) is 4.79 Å². The summed E-state index contributed by atoms with van der Waals surface area (Å²) >= 11 is 1.61. The van der Waals surface area contributed by atoms with Gasteiger partial charge >= 0.3 is 0 Å². The van der Waals surface area contributed by atoms with Gasteiger partial charge in [-0.3, -0.25) is 14.6 Å². The first-order valence-corrected chi connectivity index (χ1v) is 11.1. The van der Waals surface area contributed by atoms with Crippen LogP contribution in [0, 0.1) is 5.92 Å². The quantitative estimate of drug-likeness (QED) is 0.675. The number of aromatic nitrogens is 4. The predicted molar refractivity (Wildman–Crippen MR) is 113 cm³/mol. The maximum atomic E-state index is 13.2. The van der Waals surface area contributed by atoms with Gasteiger partial charge in [0.2, 0.25) is 0 Å². The number of hydrogen-bond donors (Lipinski definition) is 1. The Labute approximate surface area is 174 Å². The molecule has 0 aliphatic carbocycles. The monoisotopic (exact) mass is 410 g/mol. The zero-order chi connectivity index (χ0) is 19.8. The van der Waals surface area contributed by atoms with E-state index in [0.29, 0.717) is 18.4 Å². The van der Waals surface area contributed by atoms with E-state index in [-0.39, 0.29) is 5.56 Å². The third-order valence-electron chi connectivity index (χ3n) is 6.04. The van der Waals surface area contributed by atoms with Crippen LogP contribution in [-0.4, -0.2) is 49.5 Å². The van der Waals surface area contributed by atoms with Crippen molar-refractivity contribution in [1.82, 2.24) is 29.3 Å². The average molecular weight is 411 g/mol. The Morgan fingerprint density at radius 2 is 2.17 bits per heavy atom. The van der Waals surface area contributed by atoms with Gasteiger partial charge in [0.25, 0.3) is 5.56 Å². The van der Waals surface area contributed by atoms with E-state index in [1.165, 1.54) is 12.1 Å². The van der Waals surface area contributed by atoms with Crippen molar-refractivity contribution in [3.8, 4) is 0 Å². The topological polar surface area (TPSA) is 70.1 Å². The van der Waals surface area contributed by atoms with Crippen molar-refractivity contribution >= 4 is 11.3 Å². The molecule has 0 unspecified atom stereocenters. The fourth-order valence-corrected chi connectivity index (χ4v) is 5.42. The number of pyridine rings is 1. The molecule has 1 fully saturated rings. The molecule has 5 rings (SSSR count). The molecule has 0 radical (unpaired) electrons. The van der Waals surface area contributed by atoms with Gasteiger partial charge in [0, 0.05) is 67.7 Å². The van der Waals surface area contributed by atoms with Crippen LogP contribution in [0.2, 0.25) is 0 Å². The normalized spacial score (nSPS) is 21.4. The van der Waals surface area contributed by atoms with Gasteiger partial charge in [0.1, 0.15) is 5.82 Å². The lowest BCUT2D eigenvalue weighted by Crippen LogP contribution is -2.47. The molecule has 2 aliphatic heterocycles. The summed E-state index contributed by atoms with van der Waals surface area (Å²) in [5, 5.41) is 2.06. The summed E-state index contributed by atoms with van der Waals surface area (Å²) in [4.78, 5) is 29.8. The first kappa shape index (κ1) is 18.7. The van der Waals surface area contributed by atoms with Crippen LogP contribution in [0.3, 0.4) is 0 Å². The predicted octanol–water partition coefficient (Wildman–Crippen LogP) is 2.28. The summed E-state index contributed by atoms with van der Waals surface area (Å²) in [6, 6.07) is 4.22. The maximum Gasteiger partial charge on any atom is 0.255 e. The molecule has 0 spiro atoms. The molecule has 2 atom stereocenters. The third-order valence-corrected chi connectivity index (χ3v) is 6.68. The molecular weight excluding hydrogens is 384 g/mol. The lowest BCUT2D eigenvalue weighted by atomic mass is 9.83. The molecule has 5 heterocycles. The van der Waals surface area contributed by atoms with E-state index in [2.05, 4.69) is 40.8 Å². The SMILES string of the molecule is CN(Cc1cscn1)Cc1ccc2n(c1=O)C[C@H]1C[C@@H]2CN(Cc2ncc[nH]2)C1. The average Bonchev–Trinajstić information content (AvgIpc) is 3.39. The van der Waals surface area contributed by atoms with Crippen molar-refractivity contribution in [2.24, 2.45) is 5.92 Å². The van der Waals surface area contributed by atoms with Crippen molar-refractivity contribution in [1.29, 1.82) is 0 Å². The van der Waals surface area contributed by atoms with Crippen molar-refractivity contribution in [3.63, 3.8) is 0 Å². The van der Waals surface area contributed by atoms with E-state index >= 15 is 0 Å². The Balaban J connectivity index is 1.32. The fourth-order valence-electron chi connectivity index (χ4n) is 4.87. The third kappa shape index (κ3) is 3.92. The summed E-state index contributed by atoms with van der Waals surface area (Å²) in [5.41, 5.74) is 5.16. The molecule has 2 bridgehead atoms. The van der Waals surface area contributed by atoms with Crippen molar-refractivity contribution in [2.45, 2.75) is 38.5 Å². The van der Waals surface area contributed by atoms with Gasteiger partial charge in [-0.2, -0.15) is 0 Å². The zero-order valence-corrected chi connectivity index (χ0v) is 17.4. The number of piperidine rings is 1. The van der Waals surface area contributed by atoms with Crippen molar-refractivity contribution < 1.29 is 0 Å². The second-order valence-corrected chi connectivity index (χ2v) is 9.10. The van der Waals surface area contributed by atoms with Crippen LogP contribution < -0.4 is 5.56 Å².